The van der Waals surface area contributed by atoms with E-state index in [4.69, 9.17) is 61.6 Å². The molecular formula is C40H66O32. The first kappa shape index (κ1) is 58.0. The molecule has 0 saturated carbocycles. The molecule has 12 bridgehead atoms. The van der Waals surface area contributed by atoms with Crippen molar-refractivity contribution in [3.05, 3.63) is 0 Å². The van der Waals surface area contributed by atoms with Crippen LogP contribution in [0.2, 0.25) is 0 Å². The van der Waals surface area contributed by atoms with Crippen LogP contribution in [0, 0.1) is 0 Å². The fourth-order valence-electron chi connectivity index (χ4n) is 9.49. The van der Waals surface area contributed by atoms with Crippen molar-refractivity contribution in [2.75, 3.05) is 39.6 Å². The number of esters is 1. The number of hydrogen-bond donors (Lipinski definition) is 18. The normalized spacial score (nSPS) is 52.1. The predicted molar refractivity (Wildman–Crippen MR) is 216 cm³/mol. The predicted octanol–water partition coefficient (Wildman–Crippen LogP) is -12.7. The Balaban J connectivity index is 1.23. The second-order valence-electron chi connectivity index (χ2n) is 18.4. The maximum atomic E-state index is 13.0. The molecule has 22 fully saturated rings. The Morgan fingerprint density at radius 3 is 0.778 bits per heavy atom. The van der Waals surface area contributed by atoms with Crippen LogP contribution in [0.15, 0.2) is 0 Å². The van der Waals surface area contributed by atoms with Crippen molar-refractivity contribution in [1.82, 2.24) is 0 Å². The van der Waals surface area contributed by atoms with Gasteiger partial charge in [0, 0.05) is 0 Å². The average Bonchev–Trinajstić information content (AvgIpc) is 3.35. The van der Waals surface area contributed by atoms with Gasteiger partial charge in [0.1, 0.15) is 140 Å². The van der Waals surface area contributed by atoms with Crippen molar-refractivity contribution in [2.45, 2.75) is 204 Å². The van der Waals surface area contributed by atoms with Gasteiger partial charge in [0.15, 0.2) is 43.8 Å². The molecule has 0 aromatic heterocycles. The summed E-state index contributed by atoms with van der Waals surface area (Å²) in [7, 11) is 0. The molecule has 0 aromatic rings. The summed E-state index contributed by atoms with van der Waals surface area (Å²) in [6.45, 7) is -5.02. The summed E-state index contributed by atoms with van der Waals surface area (Å²) < 4.78 is 74.2. The van der Waals surface area contributed by atoms with E-state index in [0.29, 0.717) is 0 Å². The standard InChI is InChI=1S/C40H66O32/c1-9(47)2-16(48)66-34-27(59)40-65-15(8-46)33(34)72-39-26(58)21(53)31(13(6-44)64-39)70-37-24(56)19(51)29(11(4-42)62-37)68-35-22(54)17(49)28(10(3-41)60-35)67-36-23(55)18(50)30(12(5-43)61-36)69-38-25(57)20(52)32(71-40)14(7-45)63-38/h9-15,17-47,49-59H,2-8H2,1H3/t9?,10-,11-,12-,13-,14-,15-,17-,18-,19-,20-,21-,22-,23-,24-,25-,26-,27-,28-,29-,30-,31-,32-,33+,34-,35-,36-,37-,38-,39-,40-/m1/s1. The highest BCUT2D eigenvalue weighted by molar-refractivity contribution is 5.70. The van der Waals surface area contributed by atoms with E-state index in [1.807, 2.05) is 0 Å². The summed E-state index contributed by atoms with van der Waals surface area (Å²) in [6.07, 6.45) is -62.0. The minimum absolute atomic E-state index is 0.686. The van der Waals surface area contributed by atoms with Gasteiger partial charge in [-0.25, -0.2) is 0 Å². The van der Waals surface area contributed by atoms with Crippen LogP contribution >= 0.6 is 0 Å². The largest absolute Gasteiger partial charge is 0.456 e. The second-order valence-corrected chi connectivity index (χ2v) is 18.4. The number of ether oxygens (including phenoxy) is 13. The monoisotopic (exact) mass is 1060 g/mol. The summed E-state index contributed by atoms with van der Waals surface area (Å²) in [5.41, 5.74) is 0. The van der Waals surface area contributed by atoms with Crippen molar-refractivity contribution < 1.29 is 158 Å². The molecule has 22 heterocycles. The summed E-state index contributed by atoms with van der Waals surface area (Å²) in [5, 5.41) is 197. The van der Waals surface area contributed by atoms with Crippen molar-refractivity contribution in [2.24, 2.45) is 0 Å². The summed E-state index contributed by atoms with van der Waals surface area (Å²) in [4.78, 5) is 13.0. The zero-order valence-corrected chi connectivity index (χ0v) is 38.1. The van der Waals surface area contributed by atoms with Crippen LogP contribution in [-0.4, -0.2) is 328 Å². The van der Waals surface area contributed by atoms with Gasteiger partial charge < -0.3 is 153 Å². The third kappa shape index (κ3) is 11.7. The molecule has 18 N–H and O–H groups in total. The Morgan fingerprint density at radius 2 is 0.556 bits per heavy atom. The molecule has 0 radical (unpaired) electrons. The highest BCUT2D eigenvalue weighted by Gasteiger charge is 2.59. The Morgan fingerprint density at radius 1 is 0.347 bits per heavy atom. The second kappa shape index (κ2) is 24.7. The summed E-state index contributed by atoms with van der Waals surface area (Å²) in [6, 6.07) is 0. The molecule has 22 aliphatic rings. The summed E-state index contributed by atoms with van der Waals surface area (Å²) in [5.74, 6) is -1.18. The molecular weight excluding hydrogens is 992 g/mol. The van der Waals surface area contributed by atoms with Crippen LogP contribution < -0.4 is 0 Å². The van der Waals surface area contributed by atoms with Crippen molar-refractivity contribution in [3.63, 3.8) is 0 Å². The lowest BCUT2D eigenvalue weighted by Gasteiger charge is -2.51. The van der Waals surface area contributed by atoms with Crippen LogP contribution in [0.4, 0.5) is 0 Å². The first-order valence-electron chi connectivity index (χ1n) is 23.1. The minimum atomic E-state index is -2.23. The Bertz CT molecular complexity index is 1690. The van der Waals surface area contributed by atoms with E-state index >= 15 is 0 Å². The lowest BCUT2D eigenvalue weighted by molar-refractivity contribution is -0.404. The van der Waals surface area contributed by atoms with Crippen molar-refractivity contribution in [3.8, 4) is 0 Å². The summed E-state index contributed by atoms with van der Waals surface area (Å²) >= 11 is 0. The minimum Gasteiger partial charge on any atom is -0.456 e. The molecule has 1 unspecified atom stereocenters. The highest BCUT2D eigenvalue weighted by Crippen LogP contribution is 2.38. The van der Waals surface area contributed by atoms with Gasteiger partial charge in [0.05, 0.1) is 52.2 Å². The molecule has 418 valence electrons. The third-order valence-corrected chi connectivity index (χ3v) is 13.4. The highest BCUT2D eigenvalue weighted by atomic mass is 16.8. The van der Waals surface area contributed by atoms with Crippen LogP contribution in [0.25, 0.3) is 0 Å². The molecule has 31 atom stereocenters. The Kier molecular flexibility index (Phi) is 19.9. The number of aliphatic hydroxyl groups excluding tert-OH is 18. The van der Waals surface area contributed by atoms with Crippen LogP contribution in [0.1, 0.15) is 13.3 Å². The van der Waals surface area contributed by atoms with Crippen LogP contribution in [0.5, 0.6) is 0 Å². The Labute approximate surface area is 407 Å². The van der Waals surface area contributed by atoms with E-state index in [2.05, 4.69) is 0 Å². The van der Waals surface area contributed by atoms with E-state index in [9.17, 15) is 96.7 Å². The van der Waals surface area contributed by atoms with E-state index in [0.717, 1.165) is 0 Å². The van der Waals surface area contributed by atoms with Gasteiger partial charge >= 0.3 is 5.97 Å². The molecule has 72 heavy (non-hydrogen) atoms. The molecule has 0 spiro atoms. The van der Waals surface area contributed by atoms with Gasteiger partial charge in [-0.2, -0.15) is 0 Å². The quantitative estimate of drug-likeness (QED) is 0.0954. The molecule has 22 rings (SSSR count). The molecule has 0 aromatic carbocycles. The van der Waals surface area contributed by atoms with Gasteiger partial charge in [-0.3, -0.25) is 4.79 Å². The van der Waals surface area contributed by atoms with Crippen molar-refractivity contribution >= 4 is 5.97 Å². The lowest BCUT2D eigenvalue weighted by Crippen LogP contribution is -2.69. The Hall–Kier alpha value is -1.73. The number of rotatable bonds is 9. The first-order chi connectivity index (χ1) is 34.2. The van der Waals surface area contributed by atoms with Gasteiger partial charge in [0.2, 0.25) is 0 Å². The van der Waals surface area contributed by atoms with E-state index in [1.165, 1.54) is 6.92 Å². The van der Waals surface area contributed by atoms with Gasteiger partial charge in [-0.1, -0.05) is 0 Å². The number of carbonyl (C=O) groups excluding carboxylic acids is 1. The van der Waals surface area contributed by atoms with Gasteiger partial charge in [0.25, 0.3) is 0 Å². The average molecular weight is 1060 g/mol. The molecule has 0 amide bonds. The fraction of sp³-hybridized carbons (Fsp3) is 0.975. The van der Waals surface area contributed by atoms with Crippen LogP contribution in [-0.2, 0) is 66.4 Å². The fourth-order valence-corrected chi connectivity index (χ4v) is 9.49. The lowest BCUT2D eigenvalue weighted by atomic mass is 9.94. The van der Waals surface area contributed by atoms with Gasteiger partial charge in [-0.15, -0.1) is 0 Å². The number of carbonyl (C=O) groups is 1. The molecule has 22 aliphatic heterocycles. The third-order valence-electron chi connectivity index (χ3n) is 13.4. The van der Waals surface area contributed by atoms with E-state index in [1.54, 1.807) is 0 Å². The number of aliphatic hydroxyl groups is 18. The topological polar surface area (TPSA) is 501 Å². The maximum absolute atomic E-state index is 13.0. The maximum Gasteiger partial charge on any atom is 0.308 e. The zero-order chi connectivity index (χ0) is 52.6. The van der Waals surface area contributed by atoms with E-state index < -0.39 is 242 Å². The molecule has 32 heteroatoms. The molecule has 0 aliphatic carbocycles. The van der Waals surface area contributed by atoms with E-state index in [-0.39, 0.29) is 0 Å². The number of hydrogen-bond acceptors (Lipinski definition) is 32. The zero-order valence-electron chi connectivity index (χ0n) is 38.1. The van der Waals surface area contributed by atoms with Crippen molar-refractivity contribution in [1.29, 1.82) is 0 Å². The first-order valence-corrected chi connectivity index (χ1v) is 23.1. The molecule has 22 saturated heterocycles. The smallest absolute Gasteiger partial charge is 0.308 e. The SMILES string of the molecule is CC(O)CC(=O)O[C@@H]1[C@@H](O)[C@H]2O[C@H]3[C@H](O)[C@@H](O)[C@@H](O[C@H]4[C@H](O)[C@@H](O)[C@@H](O[C@H]5[C@H](O)[C@@H](O)[C@@H](O[C@H]6[C@H](O)[C@@H](O)[C@@H](O[C@H]7[C@H](O)[C@@H](O)[C@@H](O[C@H]1[C@@H](CO)O2)O[C@@H]7CO)O[C@@H]6CO)O[C@@H]5CO)O[C@@H]4CO)O[C@@H]3CO. The van der Waals surface area contributed by atoms with Crippen LogP contribution in [0.3, 0.4) is 0 Å². The molecule has 32 nitrogen and oxygen atoms in total. The van der Waals surface area contributed by atoms with Gasteiger partial charge in [-0.05, 0) is 6.92 Å².